The molecule has 4 heteroatoms. The van der Waals surface area contributed by atoms with Crippen molar-refractivity contribution in [1.82, 2.24) is 10.0 Å². The Hall–Kier alpha value is -0.160. The molecule has 2 aliphatic heterocycles. The Labute approximate surface area is 87.2 Å². The second kappa shape index (κ2) is 7.17. The first-order valence-electron chi connectivity index (χ1n) is 5.78. The second-order valence-electron chi connectivity index (χ2n) is 4.19. The van der Waals surface area contributed by atoms with Crippen LogP contribution < -0.4 is 11.7 Å². The molecule has 0 unspecified atom stereocenters. The zero-order valence-corrected chi connectivity index (χ0v) is 9.12. The van der Waals surface area contributed by atoms with Crippen molar-refractivity contribution in [3.05, 3.63) is 0 Å². The fourth-order valence-corrected chi connectivity index (χ4v) is 1.84. The van der Waals surface area contributed by atoms with Crippen LogP contribution in [0.5, 0.6) is 0 Å². The highest BCUT2D eigenvalue weighted by atomic mass is 15.4. The third-order valence-corrected chi connectivity index (χ3v) is 2.78. The Kier molecular flexibility index (Phi) is 6.10. The highest BCUT2D eigenvalue weighted by Crippen LogP contribution is 2.05. The van der Waals surface area contributed by atoms with Crippen LogP contribution in [0.25, 0.3) is 0 Å². The largest absolute Gasteiger partial charge is 0.269 e. The van der Waals surface area contributed by atoms with Crippen LogP contribution in [0.3, 0.4) is 0 Å². The molecule has 0 atom stereocenters. The van der Waals surface area contributed by atoms with Crippen LogP contribution in [0, 0.1) is 0 Å². The van der Waals surface area contributed by atoms with E-state index in [0.717, 1.165) is 26.2 Å². The first kappa shape index (κ1) is 11.9. The summed E-state index contributed by atoms with van der Waals surface area (Å²) in [4.78, 5) is 0. The van der Waals surface area contributed by atoms with Crippen molar-refractivity contribution < 1.29 is 0 Å². The molecule has 0 amide bonds. The number of rotatable bonds is 0. The monoisotopic (exact) mass is 200 g/mol. The minimum absolute atomic E-state index is 1.10. The Bertz CT molecular complexity index is 126. The number of hydrogen-bond acceptors (Lipinski definition) is 4. The van der Waals surface area contributed by atoms with Crippen LogP contribution in [-0.4, -0.2) is 36.2 Å². The van der Waals surface area contributed by atoms with Gasteiger partial charge in [0.15, 0.2) is 0 Å². The van der Waals surface area contributed by atoms with Crippen molar-refractivity contribution in [1.29, 1.82) is 0 Å². The van der Waals surface area contributed by atoms with Crippen molar-refractivity contribution in [3.8, 4) is 0 Å². The van der Waals surface area contributed by atoms with E-state index in [0.29, 0.717) is 0 Å². The lowest BCUT2D eigenvalue weighted by Gasteiger charge is -2.10. The zero-order chi connectivity index (χ0) is 10.2. The summed E-state index contributed by atoms with van der Waals surface area (Å²) in [6, 6.07) is 0. The fourth-order valence-electron chi connectivity index (χ4n) is 1.84. The van der Waals surface area contributed by atoms with Gasteiger partial charge in [-0.1, -0.05) is 12.8 Å². The number of nitrogens with two attached hydrogens (primary N) is 2. The maximum absolute atomic E-state index is 5.57. The third kappa shape index (κ3) is 5.54. The molecule has 0 aromatic heterocycles. The van der Waals surface area contributed by atoms with Gasteiger partial charge < -0.3 is 0 Å². The Balaban J connectivity index is 0.000000146. The van der Waals surface area contributed by atoms with Gasteiger partial charge in [0, 0.05) is 26.2 Å². The smallest absolute Gasteiger partial charge is 0.0129 e. The maximum atomic E-state index is 5.57. The lowest BCUT2D eigenvalue weighted by molar-refractivity contribution is 0.296. The van der Waals surface area contributed by atoms with Crippen molar-refractivity contribution in [2.24, 2.45) is 11.7 Å². The Morgan fingerprint density at radius 3 is 1.14 bits per heavy atom. The summed E-state index contributed by atoms with van der Waals surface area (Å²) in [5.41, 5.74) is 0. The molecule has 2 fully saturated rings. The van der Waals surface area contributed by atoms with Gasteiger partial charge in [-0.3, -0.25) is 11.7 Å². The van der Waals surface area contributed by atoms with Gasteiger partial charge in [-0.05, 0) is 25.7 Å². The summed E-state index contributed by atoms with van der Waals surface area (Å²) in [6.45, 7) is 4.39. The van der Waals surface area contributed by atoms with E-state index in [2.05, 4.69) is 0 Å². The van der Waals surface area contributed by atoms with Crippen LogP contribution in [0.15, 0.2) is 0 Å². The van der Waals surface area contributed by atoms with Gasteiger partial charge in [-0.25, -0.2) is 10.0 Å². The number of nitrogens with zero attached hydrogens (tertiary/aromatic N) is 2. The van der Waals surface area contributed by atoms with E-state index in [1.54, 1.807) is 0 Å². The molecule has 0 bridgehead atoms. The molecule has 4 nitrogen and oxygen atoms in total. The number of hydrazine groups is 2. The van der Waals surface area contributed by atoms with E-state index < -0.39 is 0 Å². The van der Waals surface area contributed by atoms with E-state index in [9.17, 15) is 0 Å². The molecule has 0 aromatic carbocycles. The molecule has 2 saturated heterocycles. The van der Waals surface area contributed by atoms with Gasteiger partial charge in [-0.15, -0.1) is 0 Å². The summed E-state index contributed by atoms with van der Waals surface area (Å²) in [7, 11) is 0. The van der Waals surface area contributed by atoms with E-state index in [4.69, 9.17) is 11.7 Å². The van der Waals surface area contributed by atoms with Crippen LogP contribution in [-0.2, 0) is 0 Å². The van der Waals surface area contributed by atoms with Gasteiger partial charge >= 0.3 is 0 Å². The highest BCUT2D eigenvalue weighted by molar-refractivity contribution is 4.57. The van der Waals surface area contributed by atoms with Gasteiger partial charge in [0.05, 0.1) is 0 Å². The van der Waals surface area contributed by atoms with E-state index in [1.807, 2.05) is 10.0 Å². The molecule has 0 spiro atoms. The van der Waals surface area contributed by atoms with Crippen molar-refractivity contribution in [3.63, 3.8) is 0 Å². The van der Waals surface area contributed by atoms with Crippen molar-refractivity contribution in [2.45, 2.75) is 38.5 Å². The standard InChI is InChI=1S/C6H14N2.C4H10N2/c7-8-5-3-1-2-4-6-8;5-6-3-1-2-4-6/h1-7H2;1-5H2. The average Bonchev–Trinajstić information content (AvgIpc) is 2.51. The quantitative estimate of drug-likeness (QED) is 0.565. The second-order valence-corrected chi connectivity index (χ2v) is 4.19. The average molecular weight is 200 g/mol. The van der Waals surface area contributed by atoms with E-state index in [1.165, 1.54) is 38.5 Å². The minimum atomic E-state index is 1.10. The van der Waals surface area contributed by atoms with Crippen LogP contribution in [0.1, 0.15) is 38.5 Å². The SMILES string of the molecule is NN1CCCC1.NN1CCCCCC1. The van der Waals surface area contributed by atoms with Gasteiger partial charge in [0.1, 0.15) is 0 Å². The molecule has 84 valence electrons. The molecule has 0 aliphatic carbocycles. The molecule has 4 N–H and O–H groups in total. The first-order chi connectivity index (χ1) is 6.79. The molecule has 0 radical (unpaired) electrons. The predicted molar refractivity (Wildman–Crippen MR) is 59.2 cm³/mol. The summed E-state index contributed by atoms with van der Waals surface area (Å²) in [5.74, 6) is 10.9. The lowest BCUT2D eigenvalue weighted by atomic mass is 10.2. The molecule has 0 aromatic rings. The van der Waals surface area contributed by atoms with Crippen LogP contribution in [0.4, 0.5) is 0 Å². The maximum Gasteiger partial charge on any atom is 0.0129 e. The lowest BCUT2D eigenvalue weighted by Crippen LogP contribution is -2.31. The van der Waals surface area contributed by atoms with Crippen LogP contribution >= 0.6 is 0 Å². The summed E-state index contributed by atoms with van der Waals surface area (Å²) < 4.78 is 0. The van der Waals surface area contributed by atoms with Crippen molar-refractivity contribution >= 4 is 0 Å². The molecule has 0 saturated carbocycles. The summed E-state index contributed by atoms with van der Waals surface area (Å²) in [5, 5.41) is 3.78. The molecular weight excluding hydrogens is 176 g/mol. The molecule has 14 heavy (non-hydrogen) atoms. The zero-order valence-electron chi connectivity index (χ0n) is 9.12. The minimum Gasteiger partial charge on any atom is -0.269 e. The van der Waals surface area contributed by atoms with E-state index >= 15 is 0 Å². The summed E-state index contributed by atoms with van der Waals surface area (Å²) >= 11 is 0. The molecule has 2 heterocycles. The van der Waals surface area contributed by atoms with Gasteiger partial charge in [0.25, 0.3) is 0 Å². The van der Waals surface area contributed by atoms with Gasteiger partial charge in [0.2, 0.25) is 0 Å². The van der Waals surface area contributed by atoms with Gasteiger partial charge in [-0.2, -0.15) is 0 Å². The van der Waals surface area contributed by atoms with E-state index in [-0.39, 0.29) is 0 Å². The Morgan fingerprint density at radius 2 is 0.786 bits per heavy atom. The third-order valence-electron chi connectivity index (χ3n) is 2.78. The van der Waals surface area contributed by atoms with Crippen LogP contribution in [0.2, 0.25) is 0 Å². The number of hydrogen-bond donors (Lipinski definition) is 2. The molecule has 2 aliphatic rings. The van der Waals surface area contributed by atoms with Crippen molar-refractivity contribution in [2.75, 3.05) is 26.2 Å². The molecular formula is C10H24N4. The fraction of sp³-hybridized carbons (Fsp3) is 1.00. The topological polar surface area (TPSA) is 58.5 Å². The summed E-state index contributed by atoms with van der Waals surface area (Å²) in [6.07, 6.45) is 7.89. The normalized spacial score (nSPS) is 25.3. The Morgan fingerprint density at radius 1 is 0.500 bits per heavy atom. The first-order valence-corrected chi connectivity index (χ1v) is 5.78. The predicted octanol–water partition coefficient (Wildman–Crippen LogP) is 0.692. The molecule has 2 rings (SSSR count). The highest BCUT2D eigenvalue weighted by Gasteiger charge is 2.04.